The molecule has 1 rings (SSSR count). The van der Waals surface area contributed by atoms with Crippen molar-refractivity contribution in [2.24, 2.45) is 11.8 Å². The van der Waals surface area contributed by atoms with E-state index >= 15 is 0 Å². The molecular formula is C21H32O7. The van der Waals surface area contributed by atoms with Crippen LogP contribution in [0.15, 0.2) is 45.1 Å². The predicted octanol–water partition coefficient (Wildman–Crippen LogP) is 1.52. The Morgan fingerprint density at radius 3 is 2.36 bits per heavy atom. The van der Waals surface area contributed by atoms with E-state index in [0.717, 1.165) is 11.6 Å². The van der Waals surface area contributed by atoms with E-state index in [9.17, 15) is 30.3 Å². The van der Waals surface area contributed by atoms with Gasteiger partial charge in [0, 0.05) is 30.7 Å². The third kappa shape index (κ3) is 7.59. The number of aliphatic hydroxyl groups excluding tert-OH is 4. The van der Waals surface area contributed by atoms with Crippen molar-refractivity contribution in [1.82, 2.24) is 0 Å². The third-order valence-corrected chi connectivity index (χ3v) is 4.93. The monoisotopic (exact) mass is 396 g/mol. The zero-order chi connectivity index (χ0) is 21.4. The van der Waals surface area contributed by atoms with Crippen molar-refractivity contribution in [2.45, 2.75) is 65.0 Å². The molecule has 0 amide bonds. The van der Waals surface area contributed by atoms with Crippen LogP contribution in [0.5, 0.6) is 5.75 Å². The molecule has 1 aromatic heterocycles. The first-order valence-electron chi connectivity index (χ1n) is 9.41. The molecule has 5 N–H and O–H groups in total. The van der Waals surface area contributed by atoms with Crippen molar-refractivity contribution in [2.75, 3.05) is 0 Å². The molecule has 1 aromatic rings. The van der Waals surface area contributed by atoms with E-state index in [1.807, 2.05) is 26.8 Å². The first kappa shape index (κ1) is 24.1. The van der Waals surface area contributed by atoms with Crippen LogP contribution in [0, 0.1) is 11.8 Å². The van der Waals surface area contributed by atoms with Crippen molar-refractivity contribution in [3.8, 4) is 5.75 Å². The van der Waals surface area contributed by atoms with E-state index in [1.54, 1.807) is 13.0 Å². The lowest BCUT2D eigenvalue weighted by Crippen LogP contribution is -2.32. The highest BCUT2D eigenvalue weighted by atomic mass is 16.4. The highest BCUT2D eigenvalue weighted by molar-refractivity contribution is 5.18. The van der Waals surface area contributed by atoms with E-state index in [2.05, 4.69) is 0 Å². The van der Waals surface area contributed by atoms with Gasteiger partial charge in [-0.25, -0.2) is 4.79 Å². The molecule has 0 aliphatic heterocycles. The summed E-state index contributed by atoms with van der Waals surface area (Å²) in [6.45, 7) is 7.15. The molecule has 0 aliphatic carbocycles. The van der Waals surface area contributed by atoms with Crippen LogP contribution in [0.1, 0.15) is 39.9 Å². The van der Waals surface area contributed by atoms with Crippen LogP contribution >= 0.6 is 0 Å². The van der Waals surface area contributed by atoms with Crippen LogP contribution in [-0.2, 0) is 6.42 Å². The molecule has 0 bridgehead atoms. The Hall–Kier alpha value is -1.93. The van der Waals surface area contributed by atoms with E-state index < -0.39 is 36.0 Å². The van der Waals surface area contributed by atoms with Gasteiger partial charge in [0.05, 0.1) is 30.5 Å². The Bertz CT molecular complexity index is 722. The van der Waals surface area contributed by atoms with Crippen LogP contribution in [0.4, 0.5) is 0 Å². The largest absolute Gasteiger partial charge is 0.508 e. The summed E-state index contributed by atoms with van der Waals surface area (Å²) in [5.41, 5.74) is 0.114. The minimum atomic E-state index is -1.02. The van der Waals surface area contributed by atoms with Gasteiger partial charge in [-0.15, -0.1) is 0 Å². The van der Waals surface area contributed by atoms with E-state index in [0.29, 0.717) is 0 Å². The summed E-state index contributed by atoms with van der Waals surface area (Å²) in [6, 6.07) is 2.16. The molecule has 0 saturated carbocycles. The quantitative estimate of drug-likeness (QED) is 0.379. The fourth-order valence-electron chi connectivity index (χ4n) is 2.81. The SMILES string of the molecule is CC=C(C)[C@H](O)[C@@H](C)C=C[C@H](O)[C@H](C)[C@H](O)C[C@H](O)Cc1cc(O)cc(=O)o1. The molecule has 0 radical (unpaired) electrons. The second kappa shape index (κ2) is 11.2. The Balaban J connectivity index is 2.61. The second-order valence-electron chi connectivity index (χ2n) is 7.33. The van der Waals surface area contributed by atoms with Crippen molar-refractivity contribution >= 4 is 0 Å². The molecule has 158 valence electrons. The number of rotatable bonds is 10. The lowest BCUT2D eigenvalue weighted by molar-refractivity contribution is 0.00848. The number of aliphatic hydroxyl groups is 4. The Morgan fingerprint density at radius 1 is 1.14 bits per heavy atom. The van der Waals surface area contributed by atoms with Gasteiger partial charge < -0.3 is 29.9 Å². The van der Waals surface area contributed by atoms with Crippen molar-refractivity contribution < 1.29 is 29.9 Å². The summed E-state index contributed by atoms with van der Waals surface area (Å²) in [6.07, 6.45) is 1.34. The average Bonchev–Trinajstić information content (AvgIpc) is 2.62. The predicted molar refractivity (Wildman–Crippen MR) is 106 cm³/mol. The van der Waals surface area contributed by atoms with Crippen LogP contribution in [0.2, 0.25) is 0 Å². The van der Waals surface area contributed by atoms with Gasteiger partial charge in [0.25, 0.3) is 0 Å². The van der Waals surface area contributed by atoms with E-state index in [-0.39, 0.29) is 30.3 Å². The first-order chi connectivity index (χ1) is 13.0. The molecule has 7 heteroatoms. The smallest absolute Gasteiger partial charge is 0.339 e. The van der Waals surface area contributed by atoms with Crippen LogP contribution in [0.3, 0.4) is 0 Å². The maximum Gasteiger partial charge on any atom is 0.339 e. The molecule has 0 spiro atoms. The number of hydrogen-bond acceptors (Lipinski definition) is 7. The molecule has 1 heterocycles. The molecule has 0 saturated heterocycles. The van der Waals surface area contributed by atoms with Gasteiger partial charge in [0.1, 0.15) is 11.5 Å². The van der Waals surface area contributed by atoms with Crippen molar-refractivity contribution in [3.63, 3.8) is 0 Å². The van der Waals surface area contributed by atoms with Gasteiger partial charge in [-0.1, -0.05) is 32.1 Å². The molecule has 6 atom stereocenters. The maximum absolute atomic E-state index is 11.2. The highest BCUT2D eigenvalue weighted by Gasteiger charge is 2.24. The van der Waals surface area contributed by atoms with Gasteiger partial charge in [-0.2, -0.15) is 0 Å². The number of allylic oxidation sites excluding steroid dienone is 1. The summed E-state index contributed by atoms with van der Waals surface area (Å²) < 4.78 is 4.89. The third-order valence-electron chi connectivity index (χ3n) is 4.93. The summed E-state index contributed by atoms with van der Waals surface area (Å²) in [4.78, 5) is 11.2. The van der Waals surface area contributed by atoms with Gasteiger partial charge in [-0.05, 0) is 19.4 Å². The van der Waals surface area contributed by atoms with Crippen molar-refractivity contribution in [3.05, 3.63) is 52.1 Å². The Morgan fingerprint density at radius 2 is 1.79 bits per heavy atom. The van der Waals surface area contributed by atoms with Crippen LogP contribution < -0.4 is 5.63 Å². The fraction of sp³-hybridized carbons (Fsp3) is 0.571. The topological polar surface area (TPSA) is 131 Å². The molecular weight excluding hydrogens is 364 g/mol. The lowest BCUT2D eigenvalue weighted by atomic mass is 9.91. The normalized spacial score (nSPS) is 19.2. The molecule has 0 aromatic carbocycles. The lowest BCUT2D eigenvalue weighted by Gasteiger charge is -2.24. The molecule has 0 aliphatic rings. The van der Waals surface area contributed by atoms with E-state index in [4.69, 9.17) is 4.42 Å². The fourth-order valence-corrected chi connectivity index (χ4v) is 2.81. The average molecular weight is 396 g/mol. The van der Waals surface area contributed by atoms with E-state index in [1.165, 1.54) is 12.1 Å². The molecule has 0 unspecified atom stereocenters. The maximum atomic E-state index is 11.2. The Labute approximate surface area is 165 Å². The Kier molecular flexibility index (Phi) is 9.61. The van der Waals surface area contributed by atoms with Crippen LogP contribution in [-0.4, -0.2) is 49.9 Å². The highest BCUT2D eigenvalue weighted by Crippen LogP contribution is 2.19. The number of hydrogen-bond donors (Lipinski definition) is 5. The van der Waals surface area contributed by atoms with Crippen LogP contribution in [0.25, 0.3) is 0 Å². The zero-order valence-corrected chi connectivity index (χ0v) is 16.8. The first-order valence-corrected chi connectivity index (χ1v) is 9.41. The summed E-state index contributed by atoms with van der Waals surface area (Å²) in [5, 5.41) is 50.2. The summed E-state index contributed by atoms with van der Waals surface area (Å²) >= 11 is 0. The van der Waals surface area contributed by atoms with Gasteiger partial charge in [0.15, 0.2) is 0 Å². The summed E-state index contributed by atoms with van der Waals surface area (Å²) in [5.74, 6) is -0.902. The summed E-state index contributed by atoms with van der Waals surface area (Å²) in [7, 11) is 0. The van der Waals surface area contributed by atoms with Gasteiger partial charge >= 0.3 is 5.63 Å². The van der Waals surface area contributed by atoms with Crippen molar-refractivity contribution in [1.29, 1.82) is 0 Å². The second-order valence-corrected chi connectivity index (χ2v) is 7.33. The molecule has 28 heavy (non-hydrogen) atoms. The molecule has 7 nitrogen and oxygen atoms in total. The zero-order valence-electron chi connectivity index (χ0n) is 16.8. The van der Waals surface area contributed by atoms with Gasteiger partial charge in [-0.3, -0.25) is 0 Å². The molecule has 0 fully saturated rings. The number of aromatic hydroxyl groups is 1. The minimum absolute atomic E-state index is 0.0404. The standard InChI is InChI=1S/C21H32O7/c1-5-12(2)21(27)13(3)6-7-18(24)14(4)19(25)10-15(22)8-17-9-16(23)11-20(26)28-17/h5-7,9,11,13-15,18-19,21-25,27H,8,10H2,1-4H3/t13-,14-,15+,18-,19+,21-/m0/s1. The van der Waals surface area contributed by atoms with Gasteiger partial charge in [0.2, 0.25) is 0 Å². The minimum Gasteiger partial charge on any atom is -0.508 e.